The standard InChI is InChI=1S/C26H26ClN5O3.C25H21ClN4O3.CH4/c1-16(2)35-23-13-12-19(14-20(23)27)25(33)31-32(26(34)28-3)15-17-8-10-18(11-9-17)24-29-21-6-4-5-7-22(21)30-24;1-15(2)32-22-12-11-18(13-19(22)26)24-29-30(25(31)33-24)14-16-7-9-17(10-8-16)23-27-20-5-3-4-6-21(20)28-23;/h4-14,16H,15H2,1-3H3,(H,28,34)(H,29,30)(H,31,33);3-13,15H,14H2,1-2H3,(H,27,28);1H4. The molecule has 17 heteroatoms. The van der Waals surface area contributed by atoms with Crippen LogP contribution in [0.2, 0.25) is 10.0 Å². The second kappa shape index (κ2) is 21.8. The Morgan fingerprint density at radius 1 is 0.696 bits per heavy atom. The summed E-state index contributed by atoms with van der Waals surface area (Å²) in [6.07, 6.45) is -0.0436. The Labute approximate surface area is 408 Å². The van der Waals surface area contributed by atoms with Crippen LogP contribution < -0.4 is 26.0 Å². The fraction of sp³-hybridized carbons (Fsp3) is 0.192. The number of aromatic amines is 2. The summed E-state index contributed by atoms with van der Waals surface area (Å²) >= 11 is 12.6. The highest BCUT2D eigenvalue weighted by molar-refractivity contribution is 6.32. The zero-order valence-corrected chi connectivity index (χ0v) is 39.2. The summed E-state index contributed by atoms with van der Waals surface area (Å²) in [6, 6.07) is 40.6. The maximum atomic E-state index is 12.8. The number of aromatic nitrogens is 6. The number of hydrogen-bond donors (Lipinski definition) is 4. The molecule has 0 aliphatic carbocycles. The van der Waals surface area contributed by atoms with E-state index in [1.54, 1.807) is 30.3 Å². The molecule has 0 spiro atoms. The molecule has 6 aromatic carbocycles. The molecule has 0 aliphatic rings. The molecular weight excluding hydrogens is 918 g/mol. The van der Waals surface area contributed by atoms with E-state index in [1.165, 1.54) is 22.8 Å². The molecule has 3 heterocycles. The quantitative estimate of drug-likeness (QED) is 0.0865. The van der Waals surface area contributed by atoms with E-state index in [2.05, 4.69) is 35.8 Å². The predicted octanol–water partition coefficient (Wildman–Crippen LogP) is 11.3. The Bertz CT molecular complexity index is 3200. The highest BCUT2D eigenvalue weighted by Gasteiger charge is 2.19. The van der Waals surface area contributed by atoms with Crippen molar-refractivity contribution in [1.82, 2.24) is 45.5 Å². The lowest BCUT2D eigenvalue weighted by Gasteiger charge is -2.23. The average molecular weight is 969 g/mol. The maximum absolute atomic E-state index is 12.8. The number of imidazole rings is 2. The van der Waals surface area contributed by atoms with Gasteiger partial charge in [0.1, 0.15) is 23.1 Å². The Morgan fingerprint density at radius 2 is 1.20 bits per heavy atom. The number of nitrogens with one attached hydrogen (secondary N) is 4. The molecule has 3 aromatic heterocycles. The van der Waals surface area contributed by atoms with Crippen molar-refractivity contribution in [2.24, 2.45) is 0 Å². The van der Waals surface area contributed by atoms with Gasteiger partial charge in [0.2, 0.25) is 5.89 Å². The van der Waals surface area contributed by atoms with E-state index >= 15 is 0 Å². The summed E-state index contributed by atoms with van der Waals surface area (Å²) in [5.41, 5.74) is 10.9. The topological polar surface area (TPSA) is 185 Å². The SMILES string of the molecule is C.CC(C)Oc1ccc(-c2nn(Cc3ccc(-c4nc5ccccc5[nH]4)cc3)c(=O)o2)cc1Cl.CNC(=O)N(Cc1ccc(-c2nc3ccccc3[nH]2)cc1)NC(=O)c1ccc(OC(C)C)c(Cl)c1. The number of para-hydroxylation sites is 4. The Kier molecular flexibility index (Phi) is 15.5. The van der Waals surface area contributed by atoms with Crippen molar-refractivity contribution in [1.29, 1.82) is 0 Å². The first-order valence-corrected chi connectivity index (χ1v) is 22.4. The lowest BCUT2D eigenvalue weighted by molar-refractivity contribution is 0.0819. The van der Waals surface area contributed by atoms with Gasteiger partial charge in [-0.2, -0.15) is 4.68 Å². The highest BCUT2D eigenvalue weighted by atomic mass is 35.5. The second-order valence-electron chi connectivity index (χ2n) is 16.1. The Balaban J connectivity index is 0.000000201. The molecule has 0 radical (unpaired) electrons. The van der Waals surface area contributed by atoms with Crippen molar-refractivity contribution in [3.8, 4) is 45.7 Å². The monoisotopic (exact) mass is 967 g/mol. The van der Waals surface area contributed by atoms with Crippen LogP contribution in [0.5, 0.6) is 11.5 Å². The summed E-state index contributed by atoms with van der Waals surface area (Å²) < 4.78 is 17.9. The first-order valence-electron chi connectivity index (χ1n) is 21.7. The van der Waals surface area contributed by atoms with Crippen LogP contribution in [0, 0.1) is 0 Å². The van der Waals surface area contributed by atoms with Crippen molar-refractivity contribution >= 4 is 57.2 Å². The zero-order valence-electron chi connectivity index (χ0n) is 37.7. The number of fused-ring (bicyclic) bond motifs is 2. The highest BCUT2D eigenvalue weighted by Crippen LogP contribution is 2.31. The van der Waals surface area contributed by atoms with Crippen molar-refractivity contribution in [2.45, 2.75) is 60.4 Å². The first kappa shape index (κ1) is 49.0. The van der Waals surface area contributed by atoms with E-state index < -0.39 is 17.7 Å². The van der Waals surface area contributed by atoms with Crippen LogP contribution in [0.15, 0.2) is 143 Å². The summed E-state index contributed by atoms with van der Waals surface area (Å²) in [6.45, 7) is 8.07. The van der Waals surface area contributed by atoms with Gasteiger partial charge >= 0.3 is 11.8 Å². The lowest BCUT2D eigenvalue weighted by atomic mass is 10.1. The van der Waals surface area contributed by atoms with E-state index in [4.69, 9.17) is 37.1 Å². The van der Waals surface area contributed by atoms with Crippen LogP contribution in [0.4, 0.5) is 4.79 Å². The summed E-state index contributed by atoms with van der Waals surface area (Å²) in [5, 5.41) is 8.85. The number of carbonyl (C=O) groups excluding carboxylic acids is 2. The summed E-state index contributed by atoms with van der Waals surface area (Å²) in [7, 11) is 1.50. The minimum atomic E-state index is -0.537. The van der Waals surface area contributed by atoms with Crippen LogP contribution in [-0.4, -0.2) is 65.9 Å². The van der Waals surface area contributed by atoms with E-state index in [-0.39, 0.29) is 38.6 Å². The molecule has 0 unspecified atom stereocenters. The van der Waals surface area contributed by atoms with Crippen LogP contribution in [0.3, 0.4) is 0 Å². The third-order valence-electron chi connectivity index (χ3n) is 10.3. The number of carbonyl (C=O) groups is 2. The minimum absolute atomic E-state index is 0. The predicted molar refractivity (Wildman–Crippen MR) is 271 cm³/mol. The number of H-pyrrole nitrogens is 2. The summed E-state index contributed by atoms with van der Waals surface area (Å²) in [4.78, 5) is 53.5. The van der Waals surface area contributed by atoms with Gasteiger partial charge in [0.15, 0.2) is 0 Å². The molecular formula is C52H51Cl2N9O6. The van der Waals surface area contributed by atoms with Crippen LogP contribution in [0.25, 0.3) is 56.3 Å². The Hall–Kier alpha value is -7.88. The maximum Gasteiger partial charge on any atom is 0.437 e. The number of amides is 3. The molecule has 0 saturated heterocycles. The zero-order chi connectivity index (χ0) is 47.9. The van der Waals surface area contributed by atoms with Crippen LogP contribution in [-0.2, 0) is 13.1 Å². The molecule has 0 saturated carbocycles. The van der Waals surface area contributed by atoms with Crippen LogP contribution >= 0.6 is 23.2 Å². The van der Waals surface area contributed by atoms with E-state index in [1.807, 2.05) is 125 Å². The molecule has 0 fully saturated rings. The number of hydrazine groups is 1. The number of urea groups is 1. The Morgan fingerprint density at radius 3 is 1.71 bits per heavy atom. The second-order valence-corrected chi connectivity index (χ2v) is 16.9. The molecule has 0 bridgehead atoms. The molecule has 4 N–H and O–H groups in total. The number of benzene rings is 6. The van der Waals surface area contributed by atoms with E-state index in [0.717, 1.165) is 56.0 Å². The molecule has 9 rings (SSSR count). The number of ether oxygens (including phenoxy) is 2. The molecule has 0 atom stereocenters. The van der Waals surface area contributed by atoms with Gasteiger partial charge in [-0.1, -0.05) is 103 Å². The first-order chi connectivity index (χ1) is 32.8. The van der Waals surface area contributed by atoms with Gasteiger partial charge in [0.05, 0.1) is 57.4 Å². The fourth-order valence-corrected chi connectivity index (χ4v) is 7.50. The minimum Gasteiger partial charge on any atom is -0.489 e. The molecule has 0 aliphatic heterocycles. The lowest BCUT2D eigenvalue weighted by Crippen LogP contribution is -2.49. The van der Waals surface area contributed by atoms with Gasteiger partial charge in [-0.25, -0.2) is 24.6 Å². The van der Waals surface area contributed by atoms with Crippen molar-refractivity contribution < 1.29 is 23.5 Å². The molecule has 9 aromatic rings. The molecule has 354 valence electrons. The molecule has 3 amide bonds. The largest absolute Gasteiger partial charge is 0.489 e. The van der Waals surface area contributed by atoms with Gasteiger partial charge in [-0.05, 0) is 99.5 Å². The van der Waals surface area contributed by atoms with Crippen molar-refractivity contribution in [2.75, 3.05) is 7.05 Å². The average Bonchev–Trinajstić information content (AvgIpc) is 4.07. The van der Waals surface area contributed by atoms with Gasteiger partial charge in [0.25, 0.3) is 5.91 Å². The van der Waals surface area contributed by atoms with Crippen molar-refractivity contribution in [3.63, 3.8) is 0 Å². The number of hydrogen-bond acceptors (Lipinski definition) is 9. The third kappa shape index (κ3) is 12.0. The van der Waals surface area contributed by atoms with Crippen LogP contribution in [0.1, 0.15) is 56.6 Å². The van der Waals surface area contributed by atoms with Gasteiger partial charge < -0.3 is 29.2 Å². The fourth-order valence-electron chi connectivity index (χ4n) is 7.05. The van der Waals surface area contributed by atoms with Crippen molar-refractivity contribution in [3.05, 3.63) is 171 Å². The number of rotatable bonds is 12. The molecule has 69 heavy (non-hydrogen) atoms. The normalized spacial score (nSPS) is 11.0. The van der Waals surface area contributed by atoms with E-state index in [0.29, 0.717) is 32.7 Å². The van der Waals surface area contributed by atoms with E-state index in [9.17, 15) is 14.4 Å². The number of halogens is 2. The van der Waals surface area contributed by atoms with Gasteiger partial charge in [-0.3, -0.25) is 10.2 Å². The van der Waals surface area contributed by atoms with Gasteiger partial charge in [0, 0.05) is 29.3 Å². The van der Waals surface area contributed by atoms with Gasteiger partial charge in [-0.15, -0.1) is 5.10 Å². The number of nitrogens with zero attached hydrogens (tertiary/aromatic N) is 5. The smallest absolute Gasteiger partial charge is 0.437 e. The summed E-state index contributed by atoms with van der Waals surface area (Å²) in [5.74, 6) is 1.82. The molecule has 15 nitrogen and oxygen atoms in total. The third-order valence-corrected chi connectivity index (χ3v) is 10.9.